The number of likely N-dealkylation sites (tertiary alicyclic amines) is 1. The molecule has 1 fully saturated rings. The van der Waals surface area contributed by atoms with Gasteiger partial charge in [-0.3, -0.25) is 9.69 Å². The van der Waals surface area contributed by atoms with Gasteiger partial charge in [-0.1, -0.05) is 30.3 Å². The summed E-state index contributed by atoms with van der Waals surface area (Å²) in [6.45, 7) is 4.10. The Morgan fingerprint density at radius 1 is 0.957 bits per heavy atom. The third kappa shape index (κ3) is 2.89. The molecule has 0 unspecified atom stereocenters. The van der Waals surface area contributed by atoms with Crippen LogP contribution in [0.3, 0.4) is 0 Å². The highest BCUT2D eigenvalue weighted by Gasteiger charge is 2.25. The van der Waals surface area contributed by atoms with Gasteiger partial charge in [-0.15, -0.1) is 0 Å². The minimum Gasteiger partial charge on any atom is -0.308 e. The summed E-state index contributed by atoms with van der Waals surface area (Å²) in [5, 5.41) is 0. The third-order valence-electron chi connectivity index (χ3n) is 4.91. The van der Waals surface area contributed by atoms with E-state index in [-0.39, 0.29) is 5.91 Å². The normalized spacial score (nSPS) is 17.5. The van der Waals surface area contributed by atoms with Gasteiger partial charge in [0.15, 0.2) is 0 Å². The van der Waals surface area contributed by atoms with Gasteiger partial charge >= 0.3 is 0 Å². The molecule has 0 atom stereocenters. The van der Waals surface area contributed by atoms with E-state index in [1.165, 1.54) is 37.1 Å². The first-order valence-corrected chi connectivity index (χ1v) is 8.52. The second-order valence-electron chi connectivity index (χ2n) is 6.52. The molecular formula is C20H22N2O. The van der Waals surface area contributed by atoms with Crippen LogP contribution in [-0.4, -0.2) is 30.4 Å². The number of amides is 1. The van der Waals surface area contributed by atoms with Gasteiger partial charge in [0.05, 0.1) is 0 Å². The second kappa shape index (κ2) is 6.17. The molecule has 1 amide bonds. The van der Waals surface area contributed by atoms with Crippen molar-refractivity contribution in [2.24, 2.45) is 0 Å². The van der Waals surface area contributed by atoms with Crippen molar-refractivity contribution in [1.29, 1.82) is 0 Å². The topological polar surface area (TPSA) is 23.6 Å². The molecule has 0 bridgehead atoms. The average molecular weight is 306 g/mol. The lowest BCUT2D eigenvalue weighted by Gasteiger charge is -2.19. The van der Waals surface area contributed by atoms with Crippen LogP contribution in [0, 0.1) is 0 Å². The van der Waals surface area contributed by atoms with E-state index in [0.717, 1.165) is 30.8 Å². The molecule has 2 aliphatic rings. The summed E-state index contributed by atoms with van der Waals surface area (Å²) >= 11 is 0. The standard InChI is InChI=1S/C20H22N2O/c23-20(22-13-10-17-7-1-2-9-19(17)22)18-8-5-6-16(14-18)15-21-11-3-4-12-21/h1-2,5-9,14H,3-4,10-13,15H2. The Hall–Kier alpha value is -2.13. The quantitative estimate of drug-likeness (QED) is 0.866. The summed E-state index contributed by atoms with van der Waals surface area (Å²) in [7, 11) is 0. The van der Waals surface area contributed by atoms with Crippen molar-refractivity contribution in [3.05, 3.63) is 65.2 Å². The fraction of sp³-hybridized carbons (Fsp3) is 0.350. The van der Waals surface area contributed by atoms with Crippen LogP contribution in [0.4, 0.5) is 5.69 Å². The van der Waals surface area contributed by atoms with Crippen LogP contribution in [0.2, 0.25) is 0 Å². The van der Waals surface area contributed by atoms with E-state index >= 15 is 0 Å². The van der Waals surface area contributed by atoms with Gasteiger partial charge in [-0.05, 0) is 61.7 Å². The molecule has 3 heteroatoms. The van der Waals surface area contributed by atoms with Crippen LogP contribution >= 0.6 is 0 Å². The third-order valence-corrected chi connectivity index (χ3v) is 4.91. The van der Waals surface area contributed by atoms with Gasteiger partial charge in [-0.25, -0.2) is 0 Å². The summed E-state index contributed by atoms with van der Waals surface area (Å²) in [4.78, 5) is 17.3. The van der Waals surface area contributed by atoms with E-state index in [1.807, 2.05) is 35.2 Å². The molecule has 2 aromatic carbocycles. The van der Waals surface area contributed by atoms with E-state index in [2.05, 4.69) is 23.1 Å². The lowest BCUT2D eigenvalue weighted by Crippen LogP contribution is -2.29. The molecule has 23 heavy (non-hydrogen) atoms. The first kappa shape index (κ1) is 14.5. The predicted molar refractivity (Wildman–Crippen MR) is 92.8 cm³/mol. The molecule has 0 radical (unpaired) electrons. The van der Waals surface area contributed by atoms with Gasteiger partial charge in [0.2, 0.25) is 0 Å². The minimum atomic E-state index is 0.123. The Balaban J connectivity index is 1.55. The highest BCUT2D eigenvalue weighted by molar-refractivity contribution is 6.07. The van der Waals surface area contributed by atoms with Gasteiger partial charge in [0.25, 0.3) is 5.91 Å². The zero-order chi connectivity index (χ0) is 15.6. The highest BCUT2D eigenvalue weighted by atomic mass is 16.2. The Labute approximate surface area is 137 Å². The summed E-state index contributed by atoms with van der Waals surface area (Å²) in [6.07, 6.45) is 3.54. The maximum absolute atomic E-state index is 12.9. The summed E-state index contributed by atoms with van der Waals surface area (Å²) < 4.78 is 0. The Bertz CT molecular complexity index is 719. The van der Waals surface area contributed by atoms with Crippen LogP contribution in [0.1, 0.15) is 34.3 Å². The van der Waals surface area contributed by atoms with Crippen LogP contribution in [0.5, 0.6) is 0 Å². The fourth-order valence-electron chi connectivity index (χ4n) is 3.71. The lowest BCUT2D eigenvalue weighted by molar-refractivity contribution is 0.0989. The fourth-order valence-corrected chi connectivity index (χ4v) is 3.71. The van der Waals surface area contributed by atoms with Gasteiger partial charge in [0, 0.05) is 24.3 Å². The Kier molecular flexibility index (Phi) is 3.88. The molecule has 2 aliphatic heterocycles. The van der Waals surface area contributed by atoms with Gasteiger partial charge in [0.1, 0.15) is 0 Å². The number of anilines is 1. The number of carbonyl (C=O) groups is 1. The number of fused-ring (bicyclic) bond motifs is 1. The Morgan fingerprint density at radius 2 is 1.78 bits per heavy atom. The molecule has 0 aliphatic carbocycles. The minimum absolute atomic E-state index is 0.123. The largest absolute Gasteiger partial charge is 0.308 e. The van der Waals surface area contributed by atoms with Crippen LogP contribution in [0.15, 0.2) is 48.5 Å². The Morgan fingerprint density at radius 3 is 2.65 bits per heavy atom. The summed E-state index contributed by atoms with van der Waals surface area (Å²) in [5.74, 6) is 0.123. The maximum Gasteiger partial charge on any atom is 0.258 e. The molecule has 2 heterocycles. The zero-order valence-electron chi connectivity index (χ0n) is 13.4. The van der Waals surface area contributed by atoms with Crippen molar-refractivity contribution in [1.82, 2.24) is 4.90 Å². The second-order valence-corrected chi connectivity index (χ2v) is 6.52. The van der Waals surface area contributed by atoms with Gasteiger partial charge in [-0.2, -0.15) is 0 Å². The van der Waals surface area contributed by atoms with Crippen molar-refractivity contribution in [2.45, 2.75) is 25.8 Å². The van der Waals surface area contributed by atoms with E-state index in [9.17, 15) is 4.79 Å². The summed E-state index contributed by atoms with van der Waals surface area (Å²) in [5.41, 5.74) is 4.39. The average Bonchev–Trinajstić information content (AvgIpc) is 3.24. The number of nitrogens with zero attached hydrogens (tertiary/aromatic N) is 2. The monoisotopic (exact) mass is 306 g/mol. The van der Waals surface area contributed by atoms with E-state index in [1.54, 1.807) is 0 Å². The van der Waals surface area contributed by atoms with Crippen LogP contribution in [-0.2, 0) is 13.0 Å². The van der Waals surface area contributed by atoms with E-state index in [4.69, 9.17) is 0 Å². The van der Waals surface area contributed by atoms with Crippen molar-refractivity contribution in [3.63, 3.8) is 0 Å². The molecule has 2 aromatic rings. The molecule has 0 saturated carbocycles. The number of benzene rings is 2. The number of carbonyl (C=O) groups excluding carboxylic acids is 1. The molecule has 118 valence electrons. The molecule has 0 spiro atoms. The lowest BCUT2D eigenvalue weighted by atomic mass is 10.1. The predicted octanol–water partition coefficient (Wildman–Crippen LogP) is 3.49. The van der Waals surface area contributed by atoms with Crippen molar-refractivity contribution < 1.29 is 4.79 Å². The molecule has 0 aromatic heterocycles. The van der Waals surface area contributed by atoms with Crippen LogP contribution < -0.4 is 4.90 Å². The zero-order valence-corrected chi connectivity index (χ0v) is 13.4. The number of hydrogen-bond acceptors (Lipinski definition) is 2. The molecule has 4 rings (SSSR count). The smallest absolute Gasteiger partial charge is 0.258 e. The van der Waals surface area contributed by atoms with Crippen molar-refractivity contribution >= 4 is 11.6 Å². The molecule has 1 saturated heterocycles. The van der Waals surface area contributed by atoms with Crippen molar-refractivity contribution in [2.75, 3.05) is 24.5 Å². The number of hydrogen-bond donors (Lipinski definition) is 0. The number of rotatable bonds is 3. The maximum atomic E-state index is 12.9. The number of para-hydroxylation sites is 1. The molecule has 0 N–H and O–H groups in total. The highest BCUT2D eigenvalue weighted by Crippen LogP contribution is 2.29. The molecule has 3 nitrogen and oxygen atoms in total. The first-order valence-electron chi connectivity index (χ1n) is 8.52. The summed E-state index contributed by atoms with van der Waals surface area (Å²) in [6, 6.07) is 16.4. The molecular weight excluding hydrogens is 284 g/mol. The van der Waals surface area contributed by atoms with Gasteiger partial charge < -0.3 is 4.90 Å². The van der Waals surface area contributed by atoms with Crippen LogP contribution in [0.25, 0.3) is 0 Å². The van der Waals surface area contributed by atoms with E-state index < -0.39 is 0 Å². The SMILES string of the molecule is O=C(c1cccc(CN2CCCC2)c1)N1CCc2ccccc21. The van der Waals surface area contributed by atoms with Crippen molar-refractivity contribution in [3.8, 4) is 0 Å². The van der Waals surface area contributed by atoms with E-state index in [0.29, 0.717) is 0 Å². The first-order chi connectivity index (χ1) is 11.3.